The second-order valence-electron chi connectivity index (χ2n) is 10.2. The van der Waals surface area contributed by atoms with Gasteiger partial charge >= 0.3 is 12.1 Å². The van der Waals surface area contributed by atoms with Gasteiger partial charge in [-0.05, 0) is 44.9 Å². The van der Waals surface area contributed by atoms with Crippen LogP contribution in [0.25, 0.3) is 0 Å². The molecule has 2 aliphatic heterocycles. The van der Waals surface area contributed by atoms with Crippen LogP contribution in [-0.4, -0.2) is 103 Å². The number of piperidine rings is 1. The SMILES string of the molecule is CC(=O)OCCCS(=O)(=O)N1CCN(c2cnc(OCC3CCN(C(=O)OC4(C)CC4)CC3)cn2)C(=O)C1. The molecule has 4 rings (SSSR count). The first kappa shape index (κ1) is 28.0. The highest BCUT2D eigenvalue weighted by Crippen LogP contribution is 2.39. The monoisotopic (exact) mass is 553 g/mol. The molecule has 3 heterocycles. The summed E-state index contributed by atoms with van der Waals surface area (Å²) in [6.45, 7) is 4.92. The third kappa shape index (κ3) is 7.53. The number of rotatable bonds is 10. The Balaban J connectivity index is 1.19. The molecule has 3 fully saturated rings. The van der Waals surface area contributed by atoms with Crippen LogP contribution in [0.2, 0.25) is 0 Å². The highest BCUT2D eigenvalue weighted by atomic mass is 32.2. The van der Waals surface area contributed by atoms with E-state index in [0.717, 1.165) is 30.0 Å². The van der Waals surface area contributed by atoms with E-state index in [4.69, 9.17) is 14.2 Å². The van der Waals surface area contributed by atoms with Crippen LogP contribution in [0, 0.1) is 5.92 Å². The second-order valence-corrected chi connectivity index (χ2v) is 12.2. The molecule has 38 heavy (non-hydrogen) atoms. The zero-order valence-corrected chi connectivity index (χ0v) is 22.7. The lowest BCUT2D eigenvalue weighted by Crippen LogP contribution is -2.53. The molecular formula is C24H35N5O8S. The molecule has 1 aromatic rings. The third-order valence-corrected chi connectivity index (χ3v) is 8.85. The van der Waals surface area contributed by atoms with Crippen molar-refractivity contribution in [3.8, 4) is 5.88 Å². The summed E-state index contributed by atoms with van der Waals surface area (Å²) in [6.07, 6.45) is 6.28. The van der Waals surface area contributed by atoms with Crippen molar-refractivity contribution >= 4 is 33.8 Å². The molecule has 0 radical (unpaired) electrons. The van der Waals surface area contributed by atoms with Crippen molar-refractivity contribution in [2.75, 3.05) is 56.6 Å². The van der Waals surface area contributed by atoms with Gasteiger partial charge in [0.1, 0.15) is 5.60 Å². The molecule has 0 spiro atoms. The fourth-order valence-electron chi connectivity index (χ4n) is 4.28. The van der Waals surface area contributed by atoms with E-state index in [-0.39, 0.29) is 56.0 Å². The molecule has 0 unspecified atom stereocenters. The number of hydrogen-bond donors (Lipinski definition) is 0. The minimum absolute atomic E-state index is 0.0137. The van der Waals surface area contributed by atoms with Gasteiger partial charge in [0.15, 0.2) is 5.82 Å². The van der Waals surface area contributed by atoms with E-state index in [1.54, 1.807) is 4.90 Å². The molecule has 0 N–H and O–H groups in total. The van der Waals surface area contributed by atoms with Gasteiger partial charge in [0, 0.05) is 33.1 Å². The Morgan fingerprint density at radius 2 is 1.84 bits per heavy atom. The average molecular weight is 554 g/mol. The number of carbonyl (C=O) groups excluding carboxylic acids is 3. The lowest BCUT2D eigenvalue weighted by atomic mass is 9.98. The maximum Gasteiger partial charge on any atom is 0.410 e. The number of likely N-dealkylation sites (tertiary alicyclic amines) is 1. The molecule has 3 aliphatic rings. The zero-order chi connectivity index (χ0) is 27.3. The Morgan fingerprint density at radius 3 is 2.45 bits per heavy atom. The standard InChI is InChI=1S/C24H35N5O8S/c1-18(30)35-12-3-13-38(33,34)28-10-11-29(22(31)16-28)20-14-26-21(15-25-20)36-17-19-4-8-27(9-5-19)23(32)37-24(2)6-7-24/h14-15,19H,3-13,16-17H2,1-2H3. The van der Waals surface area contributed by atoms with Gasteiger partial charge < -0.3 is 19.1 Å². The van der Waals surface area contributed by atoms with Crippen molar-refractivity contribution in [3.63, 3.8) is 0 Å². The predicted molar refractivity (Wildman–Crippen MR) is 135 cm³/mol. The molecular weight excluding hydrogens is 518 g/mol. The van der Waals surface area contributed by atoms with Crippen molar-refractivity contribution in [2.45, 2.75) is 51.6 Å². The number of esters is 1. The fraction of sp³-hybridized carbons (Fsp3) is 0.708. The summed E-state index contributed by atoms with van der Waals surface area (Å²) >= 11 is 0. The van der Waals surface area contributed by atoms with Crippen LogP contribution < -0.4 is 9.64 Å². The Hall–Kier alpha value is -3.00. The molecule has 2 saturated heterocycles. The minimum atomic E-state index is -3.65. The van der Waals surface area contributed by atoms with Crippen LogP contribution in [0.15, 0.2) is 12.4 Å². The van der Waals surface area contributed by atoms with Crippen LogP contribution in [0.1, 0.15) is 46.0 Å². The topological polar surface area (TPSA) is 149 Å². The number of hydrogen-bond acceptors (Lipinski definition) is 10. The third-order valence-electron chi connectivity index (χ3n) is 6.95. The van der Waals surface area contributed by atoms with Crippen molar-refractivity contribution in [1.29, 1.82) is 0 Å². The van der Waals surface area contributed by atoms with E-state index in [2.05, 4.69) is 9.97 Å². The molecule has 1 saturated carbocycles. The van der Waals surface area contributed by atoms with Crippen LogP contribution >= 0.6 is 0 Å². The van der Waals surface area contributed by atoms with E-state index in [1.807, 2.05) is 6.92 Å². The van der Waals surface area contributed by atoms with Gasteiger partial charge in [0.25, 0.3) is 0 Å². The maximum absolute atomic E-state index is 12.7. The number of amides is 2. The normalized spacial score (nSPS) is 20.2. The van der Waals surface area contributed by atoms with Gasteiger partial charge in [-0.15, -0.1) is 0 Å². The summed E-state index contributed by atoms with van der Waals surface area (Å²) in [5, 5.41) is 0. The van der Waals surface area contributed by atoms with Gasteiger partial charge in [-0.1, -0.05) is 0 Å². The molecule has 1 aromatic heterocycles. The molecule has 210 valence electrons. The number of nitrogens with zero attached hydrogens (tertiary/aromatic N) is 5. The van der Waals surface area contributed by atoms with Crippen molar-refractivity contribution in [3.05, 3.63) is 12.4 Å². The Bertz CT molecular complexity index is 1120. The van der Waals surface area contributed by atoms with Crippen LogP contribution in [-0.2, 0) is 29.1 Å². The first-order valence-electron chi connectivity index (χ1n) is 12.9. The number of sulfonamides is 1. The van der Waals surface area contributed by atoms with E-state index in [9.17, 15) is 22.8 Å². The number of piperazine rings is 1. The van der Waals surface area contributed by atoms with Gasteiger partial charge in [-0.2, -0.15) is 4.31 Å². The highest BCUT2D eigenvalue weighted by molar-refractivity contribution is 7.89. The molecule has 1 aliphatic carbocycles. The average Bonchev–Trinajstić information content (AvgIpc) is 3.62. The lowest BCUT2D eigenvalue weighted by molar-refractivity contribution is -0.140. The van der Waals surface area contributed by atoms with Crippen molar-refractivity contribution in [1.82, 2.24) is 19.2 Å². The zero-order valence-electron chi connectivity index (χ0n) is 21.8. The van der Waals surface area contributed by atoms with Gasteiger partial charge in [-0.3, -0.25) is 14.5 Å². The summed E-state index contributed by atoms with van der Waals surface area (Å²) < 4.78 is 42.3. The maximum atomic E-state index is 12.7. The molecule has 13 nitrogen and oxygen atoms in total. The highest BCUT2D eigenvalue weighted by Gasteiger charge is 2.43. The Morgan fingerprint density at radius 1 is 1.11 bits per heavy atom. The number of anilines is 1. The summed E-state index contributed by atoms with van der Waals surface area (Å²) in [5.41, 5.74) is -0.273. The van der Waals surface area contributed by atoms with Crippen LogP contribution in [0.3, 0.4) is 0 Å². The predicted octanol–water partition coefficient (Wildman–Crippen LogP) is 1.19. The molecule has 2 amide bonds. The lowest BCUT2D eigenvalue weighted by Gasteiger charge is -2.33. The van der Waals surface area contributed by atoms with Crippen LogP contribution in [0.4, 0.5) is 10.6 Å². The summed E-state index contributed by atoms with van der Waals surface area (Å²) in [4.78, 5) is 47.4. The Kier molecular flexibility index (Phi) is 8.71. The largest absolute Gasteiger partial charge is 0.476 e. The van der Waals surface area contributed by atoms with Crippen molar-refractivity contribution < 1.29 is 37.0 Å². The quantitative estimate of drug-likeness (QED) is 0.305. The van der Waals surface area contributed by atoms with Gasteiger partial charge in [0.05, 0.1) is 37.9 Å². The molecule has 14 heteroatoms. The van der Waals surface area contributed by atoms with E-state index < -0.39 is 21.9 Å². The second kappa shape index (κ2) is 11.8. The number of ether oxygens (including phenoxy) is 3. The smallest absolute Gasteiger partial charge is 0.410 e. The van der Waals surface area contributed by atoms with Crippen LogP contribution in [0.5, 0.6) is 5.88 Å². The minimum Gasteiger partial charge on any atom is -0.476 e. The summed E-state index contributed by atoms with van der Waals surface area (Å²) in [7, 11) is -3.65. The van der Waals surface area contributed by atoms with Gasteiger partial charge in [-0.25, -0.2) is 23.2 Å². The van der Waals surface area contributed by atoms with E-state index >= 15 is 0 Å². The first-order valence-corrected chi connectivity index (χ1v) is 14.5. The molecule has 0 aromatic carbocycles. The van der Waals surface area contributed by atoms with Gasteiger partial charge in [0.2, 0.25) is 21.8 Å². The van der Waals surface area contributed by atoms with Crippen molar-refractivity contribution in [2.24, 2.45) is 5.92 Å². The number of aromatic nitrogens is 2. The summed E-state index contributed by atoms with van der Waals surface area (Å²) in [6, 6.07) is 0. The summed E-state index contributed by atoms with van der Waals surface area (Å²) in [5.74, 6) is -0.135. The Labute approximate surface area is 222 Å². The first-order chi connectivity index (χ1) is 18.0. The van der Waals surface area contributed by atoms with E-state index in [0.29, 0.717) is 31.4 Å². The molecule has 0 bridgehead atoms. The van der Waals surface area contributed by atoms with E-state index in [1.165, 1.54) is 24.2 Å². The fourth-order valence-corrected chi connectivity index (χ4v) is 5.69. The number of carbonyl (C=O) groups is 3. The molecule has 0 atom stereocenters.